The third kappa shape index (κ3) is 4.81. The molecule has 0 saturated carbocycles. The van der Waals surface area contributed by atoms with Crippen LogP contribution in [0.3, 0.4) is 0 Å². The molecule has 0 saturated heterocycles. The van der Waals surface area contributed by atoms with E-state index in [0.29, 0.717) is 52.2 Å². The number of para-hydroxylation sites is 2. The molecule has 1 aliphatic rings. The molecular weight excluding hydrogens is 503 g/mol. The predicted molar refractivity (Wildman–Crippen MR) is 139 cm³/mol. The first kappa shape index (κ1) is 24.9. The minimum Gasteiger partial charge on any atom is -0.493 e. The molecule has 3 aromatic carbocycles. The molecule has 1 amide bonds. The largest absolute Gasteiger partial charge is 0.493 e. The van der Waals surface area contributed by atoms with Crippen LogP contribution in [0.4, 0.5) is 24.5 Å². The van der Waals surface area contributed by atoms with E-state index >= 15 is 0 Å². The van der Waals surface area contributed by atoms with Crippen LogP contribution in [0, 0.1) is 0 Å². The van der Waals surface area contributed by atoms with E-state index in [4.69, 9.17) is 16.3 Å². The number of pyridine rings is 1. The van der Waals surface area contributed by atoms with Gasteiger partial charge in [0.25, 0.3) is 0 Å². The van der Waals surface area contributed by atoms with E-state index in [1.54, 1.807) is 18.3 Å². The Morgan fingerprint density at radius 3 is 2.65 bits per heavy atom. The third-order valence-electron chi connectivity index (χ3n) is 6.39. The van der Waals surface area contributed by atoms with Crippen LogP contribution in [0.5, 0.6) is 5.75 Å². The number of anilines is 2. The van der Waals surface area contributed by atoms with Gasteiger partial charge >= 0.3 is 6.18 Å². The lowest BCUT2D eigenvalue weighted by Crippen LogP contribution is -2.27. The Labute approximate surface area is 216 Å². The smallest absolute Gasteiger partial charge is 0.416 e. The fourth-order valence-corrected chi connectivity index (χ4v) is 4.99. The van der Waals surface area contributed by atoms with Crippen LogP contribution in [0.15, 0.2) is 66.9 Å². The molecule has 1 atom stereocenters. The molecule has 4 aromatic rings. The molecule has 0 aliphatic carbocycles. The number of benzene rings is 3. The number of carbonyl (C=O) groups is 1. The maximum Gasteiger partial charge on any atom is 0.416 e. The highest BCUT2D eigenvalue weighted by Gasteiger charge is 2.32. The molecule has 37 heavy (non-hydrogen) atoms. The summed E-state index contributed by atoms with van der Waals surface area (Å²) in [6.45, 7) is 0.439. The monoisotopic (exact) mass is 525 g/mol. The van der Waals surface area contributed by atoms with Crippen LogP contribution in [0.2, 0.25) is 5.02 Å². The Kier molecular flexibility index (Phi) is 6.45. The predicted octanol–water partition coefficient (Wildman–Crippen LogP) is 7.14. The Bertz CT molecular complexity index is 1500. The fraction of sp³-hybridized carbons (Fsp3) is 0.214. The number of halogens is 4. The van der Waals surface area contributed by atoms with Crippen LogP contribution < -0.4 is 15.0 Å². The molecule has 5 nitrogen and oxygen atoms in total. The van der Waals surface area contributed by atoms with Gasteiger partial charge in [0.05, 0.1) is 41.2 Å². The highest BCUT2D eigenvalue weighted by molar-refractivity contribution is 6.31. The van der Waals surface area contributed by atoms with Gasteiger partial charge in [-0.05, 0) is 36.2 Å². The summed E-state index contributed by atoms with van der Waals surface area (Å²) in [5, 5.41) is 3.69. The van der Waals surface area contributed by atoms with E-state index in [1.165, 1.54) is 6.07 Å². The average Bonchev–Trinajstić information content (AvgIpc) is 2.86. The van der Waals surface area contributed by atoms with Gasteiger partial charge in [-0.3, -0.25) is 9.78 Å². The number of rotatable bonds is 4. The van der Waals surface area contributed by atoms with Crippen molar-refractivity contribution in [2.45, 2.75) is 18.5 Å². The zero-order valence-corrected chi connectivity index (χ0v) is 20.8. The van der Waals surface area contributed by atoms with Gasteiger partial charge in [0, 0.05) is 35.6 Å². The quantitative estimate of drug-likeness (QED) is 0.307. The second kappa shape index (κ2) is 9.59. The number of carbonyl (C=O) groups excluding carboxylic acids is 1. The highest BCUT2D eigenvalue weighted by Crippen LogP contribution is 2.41. The zero-order chi connectivity index (χ0) is 26.3. The summed E-state index contributed by atoms with van der Waals surface area (Å²) in [6, 6.07) is 16.2. The number of fused-ring (bicyclic) bond motifs is 2. The molecule has 9 heteroatoms. The Hall–Kier alpha value is -3.78. The zero-order valence-electron chi connectivity index (χ0n) is 20.1. The van der Waals surface area contributed by atoms with E-state index in [2.05, 4.69) is 10.3 Å². The van der Waals surface area contributed by atoms with Crippen molar-refractivity contribution in [2.75, 3.05) is 30.9 Å². The number of hydrogen-bond donors (Lipinski definition) is 1. The van der Waals surface area contributed by atoms with Crippen LogP contribution in [0.1, 0.15) is 23.5 Å². The van der Waals surface area contributed by atoms with Crippen molar-refractivity contribution in [1.82, 2.24) is 4.98 Å². The van der Waals surface area contributed by atoms with Crippen LogP contribution in [-0.4, -0.2) is 31.6 Å². The van der Waals surface area contributed by atoms with Gasteiger partial charge in [-0.25, -0.2) is 0 Å². The summed E-state index contributed by atoms with van der Waals surface area (Å²) in [4.78, 5) is 19.8. The number of nitrogens with zero attached hydrogens (tertiary/aromatic N) is 2. The molecule has 1 aromatic heterocycles. The number of hydrogen-bond acceptors (Lipinski definition) is 4. The van der Waals surface area contributed by atoms with Gasteiger partial charge in [0.1, 0.15) is 5.75 Å². The molecule has 1 aliphatic heterocycles. The Morgan fingerprint density at radius 2 is 1.89 bits per heavy atom. The van der Waals surface area contributed by atoms with Gasteiger partial charge in [0.15, 0.2) is 0 Å². The number of ether oxygens (including phenoxy) is 1. The summed E-state index contributed by atoms with van der Waals surface area (Å²) in [5.41, 5.74) is 2.50. The lowest BCUT2D eigenvalue weighted by atomic mass is 9.92. The second-order valence-electron chi connectivity index (χ2n) is 9.06. The third-order valence-corrected chi connectivity index (χ3v) is 6.60. The van der Waals surface area contributed by atoms with Crippen molar-refractivity contribution in [3.8, 4) is 16.9 Å². The first-order valence-electron chi connectivity index (χ1n) is 11.6. The lowest BCUT2D eigenvalue weighted by molar-refractivity contribution is -0.137. The minimum absolute atomic E-state index is 0.0183. The molecule has 0 unspecified atom stereocenters. The van der Waals surface area contributed by atoms with Crippen molar-refractivity contribution in [3.63, 3.8) is 0 Å². The number of nitrogens with one attached hydrogen (secondary N) is 1. The van der Waals surface area contributed by atoms with Crippen molar-refractivity contribution in [2.24, 2.45) is 0 Å². The SMILES string of the molecule is CN(C)c1c(NC(=O)[C@@H]2CCOc3ccccc32)cnc2c(-c3cc(Cl)cc(C(F)(F)F)c3)cccc12. The van der Waals surface area contributed by atoms with Gasteiger partial charge in [-0.2, -0.15) is 13.2 Å². The van der Waals surface area contributed by atoms with Gasteiger partial charge < -0.3 is 15.0 Å². The Balaban J connectivity index is 1.57. The van der Waals surface area contributed by atoms with Crippen molar-refractivity contribution < 1.29 is 22.7 Å². The maximum absolute atomic E-state index is 13.4. The minimum atomic E-state index is -4.54. The summed E-state index contributed by atoms with van der Waals surface area (Å²) in [6.07, 6.45) is -2.45. The van der Waals surface area contributed by atoms with Gasteiger partial charge in [-0.1, -0.05) is 48.0 Å². The molecule has 0 fully saturated rings. The van der Waals surface area contributed by atoms with E-state index in [9.17, 15) is 18.0 Å². The summed E-state index contributed by atoms with van der Waals surface area (Å²) in [7, 11) is 3.67. The number of aromatic nitrogens is 1. The maximum atomic E-state index is 13.4. The van der Waals surface area contributed by atoms with Gasteiger partial charge in [-0.15, -0.1) is 0 Å². The highest BCUT2D eigenvalue weighted by atomic mass is 35.5. The van der Waals surface area contributed by atoms with Crippen molar-refractivity contribution in [1.29, 1.82) is 0 Å². The number of amides is 1. The molecule has 190 valence electrons. The molecule has 1 N–H and O–H groups in total. The van der Waals surface area contributed by atoms with Crippen LogP contribution >= 0.6 is 11.6 Å². The first-order valence-corrected chi connectivity index (χ1v) is 12.0. The van der Waals surface area contributed by atoms with E-state index in [1.807, 2.05) is 49.3 Å². The van der Waals surface area contributed by atoms with Crippen LogP contribution in [0.25, 0.3) is 22.0 Å². The molecule has 0 bridgehead atoms. The normalized spacial score (nSPS) is 15.1. The molecule has 0 radical (unpaired) electrons. The molecule has 5 rings (SSSR count). The topological polar surface area (TPSA) is 54.5 Å². The summed E-state index contributed by atoms with van der Waals surface area (Å²) >= 11 is 6.05. The van der Waals surface area contributed by atoms with Crippen molar-refractivity contribution in [3.05, 3.63) is 83.0 Å². The first-order chi connectivity index (χ1) is 17.6. The number of alkyl halides is 3. The average molecular weight is 526 g/mol. The lowest BCUT2D eigenvalue weighted by Gasteiger charge is -2.26. The van der Waals surface area contributed by atoms with Gasteiger partial charge in [0.2, 0.25) is 5.91 Å². The Morgan fingerprint density at radius 1 is 1.11 bits per heavy atom. The fourth-order valence-electron chi connectivity index (χ4n) is 4.76. The molecular formula is C28H23ClF3N3O2. The molecule has 2 heterocycles. The van der Waals surface area contributed by atoms with Crippen molar-refractivity contribution >= 4 is 39.8 Å². The van der Waals surface area contributed by atoms with E-state index < -0.39 is 11.7 Å². The van der Waals surface area contributed by atoms with Crippen LogP contribution in [-0.2, 0) is 11.0 Å². The summed E-state index contributed by atoms with van der Waals surface area (Å²) in [5.74, 6) is 0.137. The van der Waals surface area contributed by atoms with E-state index in [-0.39, 0.29) is 16.8 Å². The standard InChI is InChI=1S/C28H23ClF3N3O2/c1-35(2)26-22-8-5-7-19(16-12-17(28(30,31)32)14-18(29)13-16)25(22)33-15-23(26)34-27(36)21-10-11-37-24-9-4-3-6-20(21)24/h3-9,12-15,21H,10-11H2,1-2H3,(H,34,36)/t21-/m1/s1. The molecule has 0 spiro atoms. The summed E-state index contributed by atoms with van der Waals surface area (Å²) < 4.78 is 46.0. The van der Waals surface area contributed by atoms with E-state index in [0.717, 1.165) is 17.7 Å². The second-order valence-corrected chi connectivity index (χ2v) is 9.50.